The largest absolute Gasteiger partial charge is 0.504 e. The Hall–Kier alpha value is -3.35. The van der Waals surface area contributed by atoms with Gasteiger partial charge in [-0.25, -0.2) is 4.79 Å². The van der Waals surface area contributed by atoms with E-state index in [1.165, 1.54) is 45.2 Å². The molecule has 136 valence electrons. The van der Waals surface area contributed by atoms with E-state index < -0.39 is 18.0 Å². The Balaban J connectivity index is 2.06. The molecule has 0 aromatic heterocycles. The van der Waals surface area contributed by atoms with Crippen LogP contribution in [-0.2, 0) is 9.53 Å². The molecule has 2 aromatic rings. The summed E-state index contributed by atoms with van der Waals surface area (Å²) < 4.78 is 10.0. The summed E-state index contributed by atoms with van der Waals surface area (Å²) in [6.07, 6.45) is -1.12. The number of benzene rings is 2. The highest BCUT2D eigenvalue weighted by Crippen LogP contribution is 2.30. The number of esters is 1. The number of hydrogen-bond donors (Lipinski definition) is 2. The lowest BCUT2D eigenvalue weighted by molar-refractivity contribution is -0.123. The molecule has 2 aromatic carbocycles. The van der Waals surface area contributed by atoms with Gasteiger partial charge < -0.3 is 19.9 Å². The molecule has 7 nitrogen and oxygen atoms in total. The Morgan fingerprint density at radius 2 is 1.81 bits per heavy atom. The third kappa shape index (κ3) is 4.38. The summed E-state index contributed by atoms with van der Waals surface area (Å²) in [7, 11) is 1.36. The van der Waals surface area contributed by atoms with Crippen molar-refractivity contribution >= 4 is 23.3 Å². The zero-order valence-corrected chi connectivity index (χ0v) is 14.6. The molecule has 0 radical (unpaired) electrons. The van der Waals surface area contributed by atoms with Gasteiger partial charge in [-0.1, -0.05) is 18.2 Å². The van der Waals surface area contributed by atoms with Crippen molar-refractivity contribution in [1.29, 1.82) is 0 Å². The quantitative estimate of drug-likeness (QED) is 0.609. The first-order chi connectivity index (χ1) is 12.3. The van der Waals surface area contributed by atoms with Gasteiger partial charge in [0.05, 0.1) is 7.11 Å². The number of para-hydroxylation sites is 1. The average Bonchev–Trinajstić information content (AvgIpc) is 2.61. The molecule has 0 bridgehead atoms. The number of ether oxygens (including phenoxy) is 2. The van der Waals surface area contributed by atoms with Crippen molar-refractivity contribution in [3.8, 4) is 11.5 Å². The highest BCUT2D eigenvalue weighted by atomic mass is 16.5. The van der Waals surface area contributed by atoms with Crippen LogP contribution >= 0.6 is 0 Å². The van der Waals surface area contributed by atoms with E-state index in [1.54, 1.807) is 18.2 Å². The number of carbonyl (C=O) groups is 3. The van der Waals surface area contributed by atoms with E-state index in [0.29, 0.717) is 11.3 Å². The number of methoxy groups -OCH3 is 1. The molecule has 0 aliphatic heterocycles. The predicted molar refractivity (Wildman–Crippen MR) is 94.6 cm³/mol. The van der Waals surface area contributed by atoms with Crippen LogP contribution in [0.25, 0.3) is 0 Å². The number of rotatable bonds is 6. The van der Waals surface area contributed by atoms with Gasteiger partial charge in [0.15, 0.2) is 23.4 Å². The Morgan fingerprint density at radius 3 is 2.46 bits per heavy atom. The molecular formula is C19H19NO6. The number of anilines is 1. The predicted octanol–water partition coefficient (Wildman–Crippen LogP) is 2.79. The number of amides is 1. The number of carbonyl (C=O) groups excluding carboxylic acids is 3. The monoisotopic (exact) mass is 357 g/mol. The van der Waals surface area contributed by atoms with Gasteiger partial charge in [0.1, 0.15) is 5.56 Å². The number of hydrogen-bond acceptors (Lipinski definition) is 6. The van der Waals surface area contributed by atoms with E-state index >= 15 is 0 Å². The molecule has 2 N–H and O–H groups in total. The number of aromatic hydroxyl groups is 1. The molecular weight excluding hydrogens is 338 g/mol. The van der Waals surface area contributed by atoms with Gasteiger partial charge in [-0.3, -0.25) is 9.59 Å². The zero-order chi connectivity index (χ0) is 19.3. The van der Waals surface area contributed by atoms with Crippen molar-refractivity contribution in [3.63, 3.8) is 0 Å². The van der Waals surface area contributed by atoms with Gasteiger partial charge in [-0.15, -0.1) is 0 Å². The topological polar surface area (TPSA) is 102 Å². The van der Waals surface area contributed by atoms with E-state index in [0.717, 1.165) is 0 Å². The summed E-state index contributed by atoms with van der Waals surface area (Å²) in [5.41, 5.74) is 0.756. The summed E-state index contributed by atoms with van der Waals surface area (Å²) in [6.45, 7) is 2.82. The second-order valence-electron chi connectivity index (χ2n) is 5.53. The lowest BCUT2D eigenvalue weighted by Gasteiger charge is -2.15. The lowest BCUT2D eigenvalue weighted by Crippen LogP contribution is -2.30. The third-order valence-electron chi connectivity index (χ3n) is 3.63. The molecule has 0 aliphatic carbocycles. The molecule has 1 atom stereocenters. The zero-order valence-electron chi connectivity index (χ0n) is 14.6. The van der Waals surface area contributed by atoms with Crippen LogP contribution in [0.2, 0.25) is 0 Å². The van der Waals surface area contributed by atoms with Gasteiger partial charge in [0, 0.05) is 11.3 Å². The molecule has 0 saturated heterocycles. The highest BCUT2D eigenvalue weighted by molar-refractivity contribution is 6.00. The van der Waals surface area contributed by atoms with Crippen LogP contribution in [-0.4, -0.2) is 36.0 Å². The SMILES string of the molecule is COc1cccc(C(=O)OC(C)C(=O)Nc2cccc(C(C)=O)c2)c1O. The fourth-order valence-electron chi connectivity index (χ4n) is 2.19. The summed E-state index contributed by atoms with van der Waals surface area (Å²) in [5.74, 6) is -1.79. The van der Waals surface area contributed by atoms with Gasteiger partial charge in [0.25, 0.3) is 5.91 Å². The van der Waals surface area contributed by atoms with Crippen molar-refractivity contribution in [2.24, 2.45) is 0 Å². The third-order valence-corrected chi connectivity index (χ3v) is 3.63. The molecule has 0 spiro atoms. The summed E-state index contributed by atoms with van der Waals surface area (Å²) in [5, 5.41) is 12.5. The highest BCUT2D eigenvalue weighted by Gasteiger charge is 2.22. The van der Waals surface area contributed by atoms with Gasteiger partial charge >= 0.3 is 5.97 Å². The first-order valence-corrected chi connectivity index (χ1v) is 7.82. The minimum atomic E-state index is -1.12. The van der Waals surface area contributed by atoms with Crippen LogP contribution < -0.4 is 10.1 Å². The number of ketones is 1. The number of phenolic OH excluding ortho intramolecular Hbond substituents is 1. The number of phenols is 1. The standard InChI is InChI=1S/C19H19NO6/c1-11(21)13-6-4-7-14(10-13)20-18(23)12(2)26-19(24)15-8-5-9-16(25-3)17(15)22/h4-10,12,22H,1-3H3,(H,20,23). The summed E-state index contributed by atoms with van der Waals surface area (Å²) in [6, 6.07) is 10.8. The summed E-state index contributed by atoms with van der Waals surface area (Å²) >= 11 is 0. The van der Waals surface area contributed by atoms with Gasteiger partial charge in [-0.2, -0.15) is 0 Å². The normalized spacial score (nSPS) is 11.3. The van der Waals surface area contributed by atoms with E-state index in [2.05, 4.69) is 5.32 Å². The summed E-state index contributed by atoms with van der Waals surface area (Å²) in [4.78, 5) is 35.8. The molecule has 2 rings (SSSR count). The minimum Gasteiger partial charge on any atom is -0.504 e. The van der Waals surface area contributed by atoms with Crippen molar-refractivity contribution in [1.82, 2.24) is 0 Å². The van der Waals surface area contributed by atoms with E-state index in [1.807, 2.05) is 0 Å². The van der Waals surface area contributed by atoms with Crippen LogP contribution in [0.5, 0.6) is 11.5 Å². The number of Topliss-reactive ketones (excluding diaryl/α,β-unsaturated/α-hetero) is 1. The van der Waals surface area contributed by atoms with Crippen molar-refractivity contribution in [3.05, 3.63) is 53.6 Å². The molecule has 1 unspecified atom stereocenters. The van der Waals surface area contributed by atoms with Crippen molar-refractivity contribution in [2.45, 2.75) is 20.0 Å². The fraction of sp³-hybridized carbons (Fsp3) is 0.211. The maximum absolute atomic E-state index is 12.2. The maximum Gasteiger partial charge on any atom is 0.342 e. The van der Waals surface area contributed by atoms with Crippen LogP contribution in [0.3, 0.4) is 0 Å². The van der Waals surface area contributed by atoms with E-state index in [4.69, 9.17) is 9.47 Å². The van der Waals surface area contributed by atoms with Gasteiger partial charge in [-0.05, 0) is 38.1 Å². The number of nitrogens with one attached hydrogen (secondary N) is 1. The second kappa shape index (κ2) is 8.15. The Morgan fingerprint density at radius 1 is 1.12 bits per heavy atom. The Labute approximate surface area is 150 Å². The van der Waals surface area contributed by atoms with Crippen molar-refractivity contribution in [2.75, 3.05) is 12.4 Å². The lowest BCUT2D eigenvalue weighted by atomic mass is 10.1. The van der Waals surface area contributed by atoms with Crippen LogP contribution in [0.1, 0.15) is 34.6 Å². The Bertz CT molecular complexity index is 846. The van der Waals surface area contributed by atoms with Crippen molar-refractivity contribution < 1.29 is 29.0 Å². The van der Waals surface area contributed by atoms with Crippen LogP contribution in [0.15, 0.2) is 42.5 Å². The first-order valence-electron chi connectivity index (χ1n) is 7.82. The molecule has 0 heterocycles. The molecule has 26 heavy (non-hydrogen) atoms. The smallest absolute Gasteiger partial charge is 0.342 e. The molecule has 7 heteroatoms. The molecule has 1 amide bonds. The minimum absolute atomic E-state index is 0.109. The van der Waals surface area contributed by atoms with Crippen LogP contribution in [0, 0.1) is 0 Å². The van der Waals surface area contributed by atoms with Crippen LogP contribution in [0.4, 0.5) is 5.69 Å². The Kier molecular flexibility index (Phi) is 5.95. The van der Waals surface area contributed by atoms with E-state index in [9.17, 15) is 19.5 Å². The first kappa shape index (κ1) is 19.0. The molecule has 0 saturated carbocycles. The average molecular weight is 357 g/mol. The molecule has 0 aliphatic rings. The second-order valence-corrected chi connectivity index (χ2v) is 5.53. The van der Waals surface area contributed by atoms with Gasteiger partial charge in [0.2, 0.25) is 0 Å². The fourth-order valence-corrected chi connectivity index (χ4v) is 2.19. The molecule has 0 fully saturated rings. The maximum atomic E-state index is 12.2. The van der Waals surface area contributed by atoms with E-state index in [-0.39, 0.29) is 22.8 Å².